The number of nitrogen functional groups attached to an aromatic ring is 1. The maximum Gasteiger partial charge on any atom is 0.236 e. The monoisotopic (exact) mass is 275 g/mol. The van der Waals surface area contributed by atoms with Crippen molar-refractivity contribution in [2.75, 3.05) is 25.4 Å². The van der Waals surface area contributed by atoms with E-state index in [0.717, 1.165) is 43.7 Å². The summed E-state index contributed by atoms with van der Waals surface area (Å²) in [4.78, 5) is 16.5. The van der Waals surface area contributed by atoms with Crippen LogP contribution in [-0.2, 0) is 11.3 Å². The van der Waals surface area contributed by atoms with Gasteiger partial charge in [-0.05, 0) is 37.9 Å². The first kappa shape index (κ1) is 14.9. The third kappa shape index (κ3) is 3.73. The van der Waals surface area contributed by atoms with E-state index in [1.165, 1.54) is 0 Å². The molecule has 2 N–H and O–H groups in total. The average molecular weight is 275 g/mol. The van der Waals surface area contributed by atoms with Gasteiger partial charge >= 0.3 is 0 Å². The van der Waals surface area contributed by atoms with Gasteiger partial charge in [-0.2, -0.15) is 0 Å². The van der Waals surface area contributed by atoms with Gasteiger partial charge in [0.05, 0.1) is 6.54 Å². The van der Waals surface area contributed by atoms with Crippen molar-refractivity contribution in [3.05, 3.63) is 29.8 Å². The van der Waals surface area contributed by atoms with E-state index in [1.54, 1.807) is 0 Å². The predicted octanol–water partition coefficient (Wildman–Crippen LogP) is 2.10. The van der Waals surface area contributed by atoms with E-state index in [1.807, 2.05) is 29.2 Å². The van der Waals surface area contributed by atoms with Crippen LogP contribution in [0.2, 0.25) is 0 Å². The van der Waals surface area contributed by atoms with E-state index >= 15 is 0 Å². The summed E-state index contributed by atoms with van der Waals surface area (Å²) >= 11 is 0. The lowest BCUT2D eigenvalue weighted by atomic mass is 10.1. The van der Waals surface area contributed by atoms with Gasteiger partial charge in [0.15, 0.2) is 0 Å². The molecule has 2 rings (SSSR count). The lowest BCUT2D eigenvalue weighted by molar-refractivity contribution is -0.132. The number of nitrogens with two attached hydrogens (primary N) is 1. The van der Waals surface area contributed by atoms with Crippen molar-refractivity contribution in [2.24, 2.45) is 0 Å². The molecule has 1 aliphatic carbocycles. The second kappa shape index (κ2) is 6.75. The fourth-order valence-electron chi connectivity index (χ4n) is 2.51. The maximum absolute atomic E-state index is 12.4. The van der Waals surface area contributed by atoms with Gasteiger partial charge in [0.25, 0.3) is 0 Å². The Morgan fingerprint density at radius 1 is 1.25 bits per heavy atom. The van der Waals surface area contributed by atoms with Gasteiger partial charge in [-0.1, -0.05) is 25.1 Å². The molecular weight excluding hydrogens is 250 g/mol. The second-order valence-electron chi connectivity index (χ2n) is 5.41. The number of anilines is 1. The molecule has 4 nitrogen and oxygen atoms in total. The van der Waals surface area contributed by atoms with Gasteiger partial charge in [-0.15, -0.1) is 0 Å². The molecule has 1 amide bonds. The van der Waals surface area contributed by atoms with E-state index in [0.29, 0.717) is 12.6 Å². The molecule has 4 heteroatoms. The molecule has 0 aliphatic heterocycles. The lowest BCUT2D eigenvalue weighted by Gasteiger charge is -2.26. The SMILES string of the molecule is CCN(CC(=O)N(CC)C1CC1)Cc1ccccc1N. The van der Waals surface area contributed by atoms with Crippen molar-refractivity contribution in [3.8, 4) is 0 Å². The highest BCUT2D eigenvalue weighted by Gasteiger charge is 2.31. The molecule has 0 bridgehead atoms. The van der Waals surface area contributed by atoms with E-state index in [9.17, 15) is 4.79 Å². The van der Waals surface area contributed by atoms with Gasteiger partial charge in [0, 0.05) is 24.8 Å². The number of carbonyl (C=O) groups excluding carboxylic acids is 1. The molecule has 0 radical (unpaired) electrons. The Morgan fingerprint density at radius 3 is 2.50 bits per heavy atom. The topological polar surface area (TPSA) is 49.6 Å². The van der Waals surface area contributed by atoms with E-state index in [-0.39, 0.29) is 5.91 Å². The zero-order chi connectivity index (χ0) is 14.5. The highest BCUT2D eigenvalue weighted by Crippen LogP contribution is 2.26. The number of nitrogens with zero attached hydrogens (tertiary/aromatic N) is 2. The number of benzene rings is 1. The quantitative estimate of drug-likeness (QED) is 0.775. The standard InChI is InChI=1S/C16H25N3O/c1-3-18(11-13-7-5-6-8-15(13)17)12-16(20)19(4-2)14-9-10-14/h5-8,14H,3-4,9-12,17H2,1-2H3. The molecule has 110 valence electrons. The maximum atomic E-state index is 12.4. The number of carbonyl (C=O) groups is 1. The number of amides is 1. The van der Waals surface area contributed by atoms with Gasteiger partial charge in [-0.3, -0.25) is 9.69 Å². The first-order chi connectivity index (χ1) is 9.65. The van der Waals surface area contributed by atoms with E-state index in [2.05, 4.69) is 18.7 Å². The van der Waals surface area contributed by atoms with Crippen molar-refractivity contribution < 1.29 is 4.79 Å². The molecule has 1 saturated carbocycles. The van der Waals surface area contributed by atoms with Crippen molar-refractivity contribution >= 4 is 11.6 Å². The molecule has 0 saturated heterocycles. The van der Waals surface area contributed by atoms with E-state index < -0.39 is 0 Å². The molecular formula is C16H25N3O. The highest BCUT2D eigenvalue weighted by atomic mass is 16.2. The summed E-state index contributed by atoms with van der Waals surface area (Å²) in [6, 6.07) is 8.36. The van der Waals surface area contributed by atoms with Crippen molar-refractivity contribution in [2.45, 2.75) is 39.3 Å². The lowest BCUT2D eigenvalue weighted by Crippen LogP contribution is -2.41. The number of rotatable bonds is 7. The Balaban J connectivity index is 1.95. The Kier molecular flexibility index (Phi) is 5.01. The van der Waals surface area contributed by atoms with Crippen molar-refractivity contribution in [1.82, 2.24) is 9.80 Å². The van der Waals surface area contributed by atoms with Gasteiger partial charge in [-0.25, -0.2) is 0 Å². The number of likely N-dealkylation sites (N-methyl/N-ethyl adjacent to an activating group) is 2. The van der Waals surface area contributed by atoms with Crippen LogP contribution >= 0.6 is 0 Å². The summed E-state index contributed by atoms with van der Waals surface area (Å²) in [6.07, 6.45) is 2.33. The van der Waals surface area contributed by atoms with Gasteiger partial charge in [0.2, 0.25) is 5.91 Å². The number of hydrogen-bond acceptors (Lipinski definition) is 3. The van der Waals surface area contributed by atoms with Crippen LogP contribution in [0.3, 0.4) is 0 Å². The summed E-state index contributed by atoms with van der Waals surface area (Å²) in [5.41, 5.74) is 7.87. The molecule has 0 atom stereocenters. The summed E-state index contributed by atoms with van der Waals surface area (Å²) in [6.45, 7) is 7.02. The van der Waals surface area contributed by atoms with Crippen molar-refractivity contribution in [3.63, 3.8) is 0 Å². The zero-order valence-corrected chi connectivity index (χ0v) is 12.5. The Morgan fingerprint density at radius 2 is 1.95 bits per heavy atom. The smallest absolute Gasteiger partial charge is 0.236 e. The molecule has 1 aromatic rings. The van der Waals surface area contributed by atoms with Crippen LogP contribution in [0.4, 0.5) is 5.69 Å². The molecule has 20 heavy (non-hydrogen) atoms. The first-order valence-electron chi connectivity index (χ1n) is 7.50. The summed E-state index contributed by atoms with van der Waals surface area (Å²) in [7, 11) is 0. The Hall–Kier alpha value is -1.55. The van der Waals surface area contributed by atoms with Crippen LogP contribution in [-0.4, -0.2) is 41.4 Å². The van der Waals surface area contributed by atoms with Gasteiger partial charge in [0.1, 0.15) is 0 Å². The minimum Gasteiger partial charge on any atom is -0.398 e. The predicted molar refractivity (Wildman–Crippen MR) is 82.2 cm³/mol. The molecule has 1 fully saturated rings. The molecule has 0 aromatic heterocycles. The summed E-state index contributed by atoms with van der Waals surface area (Å²) in [5.74, 6) is 0.242. The molecule has 0 unspecified atom stereocenters. The van der Waals surface area contributed by atoms with E-state index in [4.69, 9.17) is 5.73 Å². The number of hydrogen-bond donors (Lipinski definition) is 1. The fraction of sp³-hybridized carbons (Fsp3) is 0.562. The average Bonchev–Trinajstić information content (AvgIpc) is 3.26. The third-order valence-electron chi connectivity index (χ3n) is 3.90. The van der Waals surface area contributed by atoms with Crippen molar-refractivity contribution in [1.29, 1.82) is 0 Å². The van der Waals surface area contributed by atoms with Crippen LogP contribution in [0.1, 0.15) is 32.3 Å². The van der Waals surface area contributed by atoms with Crippen LogP contribution in [0, 0.1) is 0 Å². The third-order valence-corrected chi connectivity index (χ3v) is 3.90. The zero-order valence-electron chi connectivity index (χ0n) is 12.5. The Bertz CT molecular complexity index is 457. The first-order valence-corrected chi connectivity index (χ1v) is 7.50. The van der Waals surface area contributed by atoms with Crippen LogP contribution in [0.5, 0.6) is 0 Å². The minimum absolute atomic E-state index is 0.242. The molecule has 0 spiro atoms. The fourth-order valence-corrected chi connectivity index (χ4v) is 2.51. The second-order valence-corrected chi connectivity index (χ2v) is 5.41. The summed E-state index contributed by atoms with van der Waals surface area (Å²) < 4.78 is 0. The highest BCUT2D eigenvalue weighted by molar-refractivity contribution is 5.79. The number of para-hydroxylation sites is 1. The molecule has 1 aromatic carbocycles. The van der Waals surface area contributed by atoms with Gasteiger partial charge < -0.3 is 10.6 Å². The molecule has 0 heterocycles. The van der Waals surface area contributed by atoms with Crippen LogP contribution in [0.25, 0.3) is 0 Å². The Labute approximate surface area is 121 Å². The molecule has 1 aliphatic rings. The minimum atomic E-state index is 0.242. The normalized spacial score (nSPS) is 14.6. The largest absolute Gasteiger partial charge is 0.398 e. The summed E-state index contributed by atoms with van der Waals surface area (Å²) in [5, 5.41) is 0. The van der Waals surface area contributed by atoms with Crippen LogP contribution in [0.15, 0.2) is 24.3 Å². The van der Waals surface area contributed by atoms with Crippen LogP contribution < -0.4 is 5.73 Å².